The number of rotatable bonds is 3. The van der Waals surface area contributed by atoms with Crippen molar-refractivity contribution in [1.29, 1.82) is 0 Å². The molecule has 1 aromatic heterocycles. The molecule has 0 bridgehead atoms. The van der Waals surface area contributed by atoms with Crippen LogP contribution in [0, 0.1) is 16.7 Å². The lowest BCUT2D eigenvalue weighted by Gasteiger charge is -2.47. The number of fused-ring (bicyclic) bond motifs is 1. The second kappa shape index (κ2) is 7.93. The first kappa shape index (κ1) is 19.9. The molecule has 162 valence electrons. The maximum Gasteiger partial charge on any atom is 0.228 e. The molecule has 0 aromatic carbocycles. The number of likely N-dealkylation sites (tertiary alicyclic amines) is 2. The highest BCUT2D eigenvalue weighted by atomic mass is 16.5. The van der Waals surface area contributed by atoms with Gasteiger partial charge in [-0.3, -0.25) is 19.5 Å². The zero-order chi connectivity index (χ0) is 20.6. The monoisotopic (exact) mass is 412 g/mol. The van der Waals surface area contributed by atoms with Crippen LogP contribution >= 0.6 is 0 Å². The fraction of sp³-hybridized carbons (Fsp3) is 0.696. The van der Waals surface area contributed by atoms with E-state index in [0.717, 1.165) is 71.4 Å². The summed E-state index contributed by atoms with van der Waals surface area (Å²) in [6.45, 7) is 6.26. The third-order valence-corrected chi connectivity index (χ3v) is 8.04. The summed E-state index contributed by atoms with van der Waals surface area (Å²) in [7, 11) is 0. The first-order valence-electron chi connectivity index (χ1n) is 11.4. The Morgan fingerprint density at radius 2 is 2.00 bits per heavy atom. The highest BCUT2D eigenvalue weighted by Gasteiger charge is 2.63. The van der Waals surface area contributed by atoms with Crippen molar-refractivity contribution in [2.24, 2.45) is 16.7 Å². The number of amides is 2. The van der Waals surface area contributed by atoms with Crippen LogP contribution in [0.1, 0.15) is 37.7 Å². The minimum atomic E-state index is -0.316. The highest BCUT2D eigenvalue weighted by Crippen LogP contribution is 2.56. The summed E-state index contributed by atoms with van der Waals surface area (Å²) in [5, 5.41) is 3.12. The molecule has 4 aliphatic heterocycles. The van der Waals surface area contributed by atoms with E-state index < -0.39 is 0 Å². The Morgan fingerprint density at radius 1 is 1.20 bits per heavy atom. The van der Waals surface area contributed by atoms with Crippen LogP contribution in [0.15, 0.2) is 24.5 Å². The smallest absolute Gasteiger partial charge is 0.228 e. The number of nitrogens with one attached hydrogen (secondary N) is 1. The van der Waals surface area contributed by atoms with Gasteiger partial charge in [-0.05, 0) is 43.7 Å². The maximum atomic E-state index is 13.1. The van der Waals surface area contributed by atoms with E-state index >= 15 is 0 Å². The van der Waals surface area contributed by atoms with Gasteiger partial charge in [0.05, 0.1) is 5.41 Å². The number of carbonyl (C=O) groups excluding carboxylic acids is 2. The Kier molecular flexibility index (Phi) is 5.27. The topological polar surface area (TPSA) is 74.8 Å². The van der Waals surface area contributed by atoms with Gasteiger partial charge in [-0.25, -0.2) is 0 Å². The Bertz CT molecular complexity index is 787. The molecule has 2 amide bonds. The van der Waals surface area contributed by atoms with E-state index in [-0.39, 0.29) is 22.7 Å². The molecular formula is C23H32N4O3. The van der Waals surface area contributed by atoms with Crippen molar-refractivity contribution in [3.05, 3.63) is 30.1 Å². The number of nitrogens with zero attached hydrogens (tertiary/aromatic N) is 3. The molecule has 1 N–H and O–H groups in total. The molecule has 4 saturated heterocycles. The predicted octanol–water partition coefficient (Wildman–Crippen LogP) is 1.44. The molecule has 4 fully saturated rings. The number of pyridine rings is 1. The van der Waals surface area contributed by atoms with Gasteiger partial charge in [0, 0.05) is 76.2 Å². The van der Waals surface area contributed by atoms with Crippen LogP contribution < -0.4 is 5.32 Å². The standard InChI is InChI=1S/C23H32N4O3/c28-20(19-3-12-30-13-4-19)27-10-6-22(7-11-27)16-26(15-18-2-1-8-24-14-18)17-23(22)5-9-25-21(23)29/h1-2,8,14,19H,3-7,9-13,15-17H2,(H,25,29)/t23-/m0/s1. The molecule has 1 aromatic rings. The zero-order valence-corrected chi connectivity index (χ0v) is 17.6. The fourth-order valence-electron chi connectivity index (χ4n) is 6.37. The minimum absolute atomic E-state index is 0.0394. The SMILES string of the molecule is O=C(C1CCOCC1)N1CCC2(CC1)CN(Cc1cccnc1)C[C@]21CCNC1=O. The molecule has 4 aliphatic rings. The number of carbonyl (C=O) groups is 2. The Morgan fingerprint density at radius 3 is 2.67 bits per heavy atom. The fourth-order valence-corrected chi connectivity index (χ4v) is 6.37. The van der Waals surface area contributed by atoms with Gasteiger partial charge in [0.15, 0.2) is 0 Å². The van der Waals surface area contributed by atoms with Crippen molar-refractivity contribution in [2.75, 3.05) is 45.9 Å². The molecule has 1 atom stereocenters. The lowest BCUT2D eigenvalue weighted by atomic mass is 9.60. The van der Waals surface area contributed by atoms with Crippen molar-refractivity contribution >= 4 is 11.8 Å². The van der Waals surface area contributed by atoms with Gasteiger partial charge in [0.2, 0.25) is 11.8 Å². The van der Waals surface area contributed by atoms with Gasteiger partial charge in [-0.2, -0.15) is 0 Å². The van der Waals surface area contributed by atoms with E-state index in [4.69, 9.17) is 4.74 Å². The van der Waals surface area contributed by atoms with Crippen molar-refractivity contribution in [1.82, 2.24) is 20.1 Å². The van der Waals surface area contributed by atoms with Gasteiger partial charge in [0.25, 0.3) is 0 Å². The zero-order valence-electron chi connectivity index (χ0n) is 17.6. The molecule has 2 spiro atoms. The molecule has 0 saturated carbocycles. The lowest BCUT2D eigenvalue weighted by Crippen LogP contribution is -2.54. The van der Waals surface area contributed by atoms with E-state index in [1.54, 1.807) is 6.20 Å². The molecule has 5 rings (SSSR count). The quantitative estimate of drug-likeness (QED) is 0.813. The number of hydrogen-bond donors (Lipinski definition) is 1. The van der Waals surface area contributed by atoms with E-state index in [1.807, 2.05) is 12.3 Å². The summed E-state index contributed by atoms with van der Waals surface area (Å²) < 4.78 is 5.42. The lowest BCUT2D eigenvalue weighted by molar-refractivity contribution is -0.143. The van der Waals surface area contributed by atoms with E-state index in [0.29, 0.717) is 19.1 Å². The van der Waals surface area contributed by atoms with Gasteiger partial charge < -0.3 is 15.0 Å². The van der Waals surface area contributed by atoms with Crippen LogP contribution in [0.2, 0.25) is 0 Å². The molecule has 0 aliphatic carbocycles. The first-order chi connectivity index (χ1) is 14.6. The Labute approximate surface area is 178 Å². The van der Waals surface area contributed by atoms with Gasteiger partial charge in [-0.1, -0.05) is 6.07 Å². The minimum Gasteiger partial charge on any atom is -0.381 e. The summed E-state index contributed by atoms with van der Waals surface area (Å²) in [5.41, 5.74) is 0.834. The number of ether oxygens (including phenoxy) is 1. The van der Waals surface area contributed by atoms with Crippen LogP contribution in [0.5, 0.6) is 0 Å². The van der Waals surface area contributed by atoms with Crippen molar-refractivity contribution in [3.8, 4) is 0 Å². The Hall–Kier alpha value is -1.99. The van der Waals surface area contributed by atoms with Crippen LogP contribution in [-0.4, -0.2) is 72.5 Å². The summed E-state index contributed by atoms with van der Waals surface area (Å²) in [6.07, 6.45) is 8.13. The number of piperidine rings is 1. The average molecular weight is 413 g/mol. The average Bonchev–Trinajstić information content (AvgIpc) is 3.30. The highest BCUT2D eigenvalue weighted by molar-refractivity contribution is 5.86. The van der Waals surface area contributed by atoms with Crippen molar-refractivity contribution in [3.63, 3.8) is 0 Å². The normalized spacial score (nSPS) is 29.6. The third-order valence-electron chi connectivity index (χ3n) is 8.04. The van der Waals surface area contributed by atoms with Crippen LogP contribution in [0.4, 0.5) is 0 Å². The molecule has 0 unspecified atom stereocenters. The second-order valence-corrected chi connectivity index (χ2v) is 9.59. The van der Waals surface area contributed by atoms with Gasteiger partial charge >= 0.3 is 0 Å². The second-order valence-electron chi connectivity index (χ2n) is 9.59. The molecule has 7 nitrogen and oxygen atoms in total. The molecule has 0 radical (unpaired) electrons. The van der Waals surface area contributed by atoms with Gasteiger partial charge in [-0.15, -0.1) is 0 Å². The number of aromatic nitrogens is 1. The molecule has 30 heavy (non-hydrogen) atoms. The molecular weight excluding hydrogens is 380 g/mol. The Balaban J connectivity index is 1.31. The van der Waals surface area contributed by atoms with E-state index in [9.17, 15) is 9.59 Å². The van der Waals surface area contributed by atoms with Crippen molar-refractivity contribution in [2.45, 2.75) is 38.6 Å². The molecule has 7 heteroatoms. The van der Waals surface area contributed by atoms with E-state index in [1.165, 1.54) is 5.56 Å². The van der Waals surface area contributed by atoms with E-state index in [2.05, 4.69) is 26.2 Å². The van der Waals surface area contributed by atoms with Crippen LogP contribution in [0.3, 0.4) is 0 Å². The molecule has 5 heterocycles. The number of hydrogen-bond acceptors (Lipinski definition) is 5. The maximum absolute atomic E-state index is 13.1. The first-order valence-corrected chi connectivity index (χ1v) is 11.4. The largest absolute Gasteiger partial charge is 0.381 e. The van der Waals surface area contributed by atoms with Crippen LogP contribution in [-0.2, 0) is 20.9 Å². The predicted molar refractivity (Wildman–Crippen MR) is 111 cm³/mol. The third kappa shape index (κ3) is 3.32. The summed E-state index contributed by atoms with van der Waals surface area (Å²) in [6, 6.07) is 4.08. The van der Waals surface area contributed by atoms with Crippen molar-refractivity contribution < 1.29 is 14.3 Å². The van der Waals surface area contributed by atoms with Crippen LogP contribution in [0.25, 0.3) is 0 Å². The summed E-state index contributed by atoms with van der Waals surface area (Å²) >= 11 is 0. The summed E-state index contributed by atoms with van der Waals surface area (Å²) in [4.78, 5) is 34.9. The van der Waals surface area contributed by atoms with Gasteiger partial charge in [0.1, 0.15) is 0 Å². The summed E-state index contributed by atoms with van der Waals surface area (Å²) in [5.74, 6) is 0.630.